The van der Waals surface area contributed by atoms with Gasteiger partial charge in [-0.1, -0.05) is 0 Å². The first-order valence-electron chi connectivity index (χ1n) is 8.10. The summed E-state index contributed by atoms with van der Waals surface area (Å²) in [5.41, 5.74) is 1.91. The number of benzene rings is 1. The lowest BCUT2D eigenvalue weighted by molar-refractivity contribution is 0.0599. The van der Waals surface area contributed by atoms with Crippen LogP contribution in [0.3, 0.4) is 0 Å². The smallest absolute Gasteiger partial charge is 0.337 e. The van der Waals surface area contributed by atoms with E-state index in [4.69, 9.17) is 4.74 Å². The number of hydrogen-bond acceptors (Lipinski definition) is 6. The molecule has 7 heteroatoms. The van der Waals surface area contributed by atoms with Crippen LogP contribution >= 0.6 is 0 Å². The molecule has 1 aromatic heterocycles. The maximum atomic E-state index is 12.6. The van der Waals surface area contributed by atoms with E-state index in [-0.39, 0.29) is 17.9 Å². The molecule has 130 valence electrons. The predicted octanol–water partition coefficient (Wildman–Crippen LogP) is 1.61. The predicted molar refractivity (Wildman–Crippen MR) is 92.5 cm³/mol. The molecule has 0 radical (unpaired) electrons. The van der Waals surface area contributed by atoms with Gasteiger partial charge in [0, 0.05) is 43.8 Å². The Hall–Kier alpha value is -2.96. The highest BCUT2D eigenvalue weighted by molar-refractivity contribution is 5.92. The molecule has 1 amide bonds. The summed E-state index contributed by atoms with van der Waals surface area (Å²) < 4.78 is 4.71. The second-order valence-electron chi connectivity index (χ2n) is 5.92. The first-order valence-corrected chi connectivity index (χ1v) is 8.10. The lowest BCUT2D eigenvalue weighted by atomic mass is 10.1. The summed E-state index contributed by atoms with van der Waals surface area (Å²) in [5.74, 6) is -0.444. The van der Waals surface area contributed by atoms with Gasteiger partial charge in [-0.2, -0.15) is 0 Å². The van der Waals surface area contributed by atoms with E-state index in [9.17, 15) is 9.59 Å². The minimum absolute atomic E-state index is 0.0449. The van der Waals surface area contributed by atoms with Crippen LogP contribution in [0.25, 0.3) is 0 Å². The van der Waals surface area contributed by atoms with Crippen molar-refractivity contribution in [1.82, 2.24) is 14.9 Å². The molecule has 3 rings (SSSR count). The number of hydrogen-bond donors (Lipinski definition) is 0. The Morgan fingerprint density at radius 2 is 1.92 bits per heavy atom. The quantitative estimate of drug-likeness (QED) is 0.790. The van der Waals surface area contributed by atoms with E-state index in [1.165, 1.54) is 19.5 Å². The van der Waals surface area contributed by atoms with Gasteiger partial charge in [-0.15, -0.1) is 0 Å². The number of ether oxygens (including phenoxy) is 1. The summed E-state index contributed by atoms with van der Waals surface area (Å²) in [6.07, 6.45) is 4.57. The average molecular weight is 340 g/mol. The summed E-state index contributed by atoms with van der Waals surface area (Å²) in [6.45, 7) is 4.05. The van der Waals surface area contributed by atoms with Crippen molar-refractivity contribution in [3.05, 3.63) is 54.1 Å². The zero-order chi connectivity index (χ0) is 17.8. The van der Waals surface area contributed by atoms with Crippen LogP contribution in [0.15, 0.2) is 42.9 Å². The van der Waals surface area contributed by atoms with Crippen molar-refractivity contribution >= 4 is 17.6 Å². The summed E-state index contributed by atoms with van der Waals surface area (Å²) in [4.78, 5) is 36.1. The van der Waals surface area contributed by atoms with Gasteiger partial charge in [-0.3, -0.25) is 9.78 Å². The molecule has 0 N–H and O–H groups in total. The van der Waals surface area contributed by atoms with Crippen LogP contribution in [0.2, 0.25) is 0 Å². The molecule has 0 bridgehead atoms. The number of aromatic nitrogens is 2. The second kappa shape index (κ2) is 7.29. The lowest BCUT2D eigenvalue weighted by Gasteiger charge is -2.40. The van der Waals surface area contributed by atoms with E-state index in [1.54, 1.807) is 18.3 Å². The Morgan fingerprint density at radius 1 is 1.16 bits per heavy atom. The third-order valence-electron chi connectivity index (χ3n) is 4.32. The highest BCUT2D eigenvalue weighted by Gasteiger charge is 2.29. The van der Waals surface area contributed by atoms with Gasteiger partial charge in [-0.05, 0) is 31.2 Å². The van der Waals surface area contributed by atoms with Crippen molar-refractivity contribution in [2.45, 2.75) is 13.0 Å². The summed E-state index contributed by atoms with van der Waals surface area (Å²) in [5, 5.41) is 0. The van der Waals surface area contributed by atoms with Crippen molar-refractivity contribution < 1.29 is 14.3 Å². The molecule has 2 aromatic rings. The number of rotatable bonds is 3. The fourth-order valence-electron chi connectivity index (χ4n) is 2.98. The van der Waals surface area contributed by atoms with Gasteiger partial charge in [-0.25, -0.2) is 9.78 Å². The van der Waals surface area contributed by atoms with Gasteiger partial charge in [0.2, 0.25) is 0 Å². The Balaban J connectivity index is 1.67. The number of anilines is 1. The average Bonchev–Trinajstić information content (AvgIpc) is 2.67. The van der Waals surface area contributed by atoms with E-state index >= 15 is 0 Å². The minimum atomic E-state index is -0.348. The Kier molecular flexibility index (Phi) is 4.92. The van der Waals surface area contributed by atoms with Crippen molar-refractivity contribution in [1.29, 1.82) is 0 Å². The van der Waals surface area contributed by atoms with Crippen LogP contribution in [-0.4, -0.2) is 59.5 Å². The molecule has 1 fully saturated rings. The van der Waals surface area contributed by atoms with Gasteiger partial charge in [0.25, 0.3) is 5.91 Å². The zero-order valence-corrected chi connectivity index (χ0v) is 14.3. The largest absolute Gasteiger partial charge is 0.465 e. The second-order valence-corrected chi connectivity index (χ2v) is 5.92. The molecular weight excluding hydrogens is 320 g/mol. The molecule has 0 spiro atoms. The molecule has 0 unspecified atom stereocenters. The molecule has 2 heterocycles. The molecule has 1 aliphatic rings. The van der Waals surface area contributed by atoms with E-state index in [0.29, 0.717) is 30.9 Å². The first-order chi connectivity index (χ1) is 12.1. The Morgan fingerprint density at radius 3 is 2.52 bits per heavy atom. The molecule has 7 nitrogen and oxygen atoms in total. The SMILES string of the molecule is COC(=O)c1ccc(N2CCN(C(=O)c3cnccn3)[C@@H](C)C2)cc1. The van der Waals surface area contributed by atoms with Gasteiger partial charge in [0.1, 0.15) is 5.69 Å². The molecule has 1 atom stereocenters. The van der Waals surface area contributed by atoms with Crippen LogP contribution in [0.4, 0.5) is 5.69 Å². The van der Waals surface area contributed by atoms with E-state index in [0.717, 1.165) is 5.69 Å². The molecule has 1 aliphatic heterocycles. The van der Waals surface area contributed by atoms with Crippen molar-refractivity contribution in [3.8, 4) is 0 Å². The number of carbonyl (C=O) groups excluding carboxylic acids is 2. The molecule has 0 saturated carbocycles. The maximum absolute atomic E-state index is 12.6. The molecule has 1 saturated heterocycles. The fraction of sp³-hybridized carbons (Fsp3) is 0.333. The van der Waals surface area contributed by atoms with Crippen LogP contribution in [0.1, 0.15) is 27.8 Å². The van der Waals surface area contributed by atoms with E-state index in [1.807, 2.05) is 24.0 Å². The highest BCUT2D eigenvalue weighted by Crippen LogP contribution is 2.21. The third-order valence-corrected chi connectivity index (χ3v) is 4.32. The van der Waals surface area contributed by atoms with Crippen molar-refractivity contribution in [2.75, 3.05) is 31.6 Å². The molecule has 1 aromatic carbocycles. The van der Waals surface area contributed by atoms with Crippen LogP contribution in [0, 0.1) is 0 Å². The molecule has 25 heavy (non-hydrogen) atoms. The number of methoxy groups -OCH3 is 1. The number of piperazine rings is 1. The van der Waals surface area contributed by atoms with E-state index < -0.39 is 0 Å². The summed E-state index contributed by atoms with van der Waals surface area (Å²) in [6, 6.07) is 7.35. The normalized spacial score (nSPS) is 17.3. The number of amides is 1. The molecular formula is C18H20N4O3. The molecule has 0 aliphatic carbocycles. The third kappa shape index (κ3) is 3.60. The maximum Gasteiger partial charge on any atom is 0.337 e. The minimum Gasteiger partial charge on any atom is -0.465 e. The standard InChI is InChI=1S/C18H20N4O3/c1-13-12-21(15-5-3-14(4-6-15)18(24)25-2)9-10-22(13)17(23)16-11-19-7-8-20-16/h3-8,11,13H,9-10,12H2,1-2H3/t13-/m0/s1. The lowest BCUT2D eigenvalue weighted by Crippen LogP contribution is -2.54. The van der Waals surface area contributed by atoms with Crippen molar-refractivity contribution in [3.63, 3.8) is 0 Å². The monoisotopic (exact) mass is 340 g/mol. The van der Waals surface area contributed by atoms with Gasteiger partial charge < -0.3 is 14.5 Å². The van der Waals surface area contributed by atoms with Gasteiger partial charge in [0.05, 0.1) is 18.9 Å². The van der Waals surface area contributed by atoms with Crippen molar-refractivity contribution in [2.24, 2.45) is 0 Å². The Labute approximate surface area is 146 Å². The topological polar surface area (TPSA) is 75.6 Å². The van der Waals surface area contributed by atoms with Crippen LogP contribution in [0.5, 0.6) is 0 Å². The number of esters is 1. The summed E-state index contributed by atoms with van der Waals surface area (Å²) >= 11 is 0. The van der Waals surface area contributed by atoms with Gasteiger partial charge in [0.15, 0.2) is 0 Å². The summed E-state index contributed by atoms with van der Waals surface area (Å²) in [7, 11) is 1.37. The van der Waals surface area contributed by atoms with E-state index in [2.05, 4.69) is 14.9 Å². The number of carbonyl (C=O) groups is 2. The van der Waals surface area contributed by atoms with Crippen LogP contribution < -0.4 is 4.90 Å². The number of nitrogens with zero attached hydrogens (tertiary/aromatic N) is 4. The van der Waals surface area contributed by atoms with Crippen LogP contribution in [-0.2, 0) is 4.74 Å². The first kappa shape index (κ1) is 16.9. The highest BCUT2D eigenvalue weighted by atomic mass is 16.5. The fourth-order valence-corrected chi connectivity index (χ4v) is 2.98. The Bertz CT molecular complexity index is 749. The zero-order valence-electron chi connectivity index (χ0n) is 14.3. The van der Waals surface area contributed by atoms with Gasteiger partial charge >= 0.3 is 5.97 Å².